The summed E-state index contributed by atoms with van der Waals surface area (Å²) in [6.07, 6.45) is 2.63. The Labute approximate surface area is 122 Å². The number of hydrogen-bond acceptors (Lipinski definition) is 7. The summed E-state index contributed by atoms with van der Waals surface area (Å²) < 4.78 is 0.902. The summed E-state index contributed by atoms with van der Waals surface area (Å²) in [7, 11) is 0. The molecule has 0 saturated heterocycles. The molecule has 9 heteroatoms. The summed E-state index contributed by atoms with van der Waals surface area (Å²) >= 11 is 3.33. The zero-order valence-electron chi connectivity index (χ0n) is 10.0. The van der Waals surface area contributed by atoms with Gasteiger partial charge in [0, 0.05) is 4.47 Å². The molecule has 0 aliphatic carbocycles. The van der Waals surface area contributed by atoms with Crippen molar-refractivity contribution in [1.29, 1.82) is 0 Å². The Morgan fingerprint density at radius 3 is 2.95 bits per heavy atom. The second-order valence-electron chi connectivity index (χ2n) is 3.64. The van der Waals surface area contributed by atoms with Gasteiger partial charge in [-0.25, -0.2) is 9.97 Å². The van der Waals surface area contributed by atoms with Crippen LogP contribution in [-0.4, -0.2) is 21.1 Å². The first-order valence-corrected chi connectivity index (χ1v) is 6.16. The van der Waals surface area contributed by atoms with E-state index in [0.717, 1.165) is 16.4 Å². The fourth-order valence-corrected chi connectivity index (χ4v) is 1.83. The topological polar surface area (TPSA) is 119 Å². The smallest absolute Gasteiger partial charge is 0.354 e. The highest BCUT2D eigenvalue weighted by Gasteiger charge is 2.20. The lowest BCUT2D eigenvalue weighted by Crippen LogP contribution is -2.04. The van der Waals surface area contributed by atoms with Crippen LogP contribution in [0.4, 0.5) is 17.3 Å². The van der Waals surface area contributed by atoms with Gasteiger partial charge in [0.15, 0.2) is 0 Å². The molecule has 0 aliphatic rings. The molecule has 0 fully saturated rings. The molecule has 0 bridgehead atoms. The average molecular weight is 337 g/mol. The number of nitrogens with one attached hydrogen (secondary N) is 1. The standard InChI is InChI=1S/C11H9BrN6O2/c12-8-3-1-2-7(4-8)5-16-17-11-9(18(19)20)10(13)14-6-15-11/h1-6H,(H3,13,14,15,17)/b16-5+. The number of nitrogens with zero attached hydrogens (tertiary/aromatic N) is 4. The van der Waals surface area contributed by atoms with Gasteiger partial charge < -0.3 is 5.73 Å². The minimum atomic E-state index is -0.660. The Morgan fingerprint density at radius 2 is 2.25 bits per heavy atom. The van der Waals surface area contributed by atoms with Crippen LogP contribution in [0.15, 0.2) is 40.2 Å². The van der Waals surface area contributed by atoms with E-state index in [1.807, 2.05) is 24.3 Å². The molecule has 2 aromatic rings. The molecule has 3 N–H and O–H groups in total. The molecule has 0 aliphatic heterocycles. The average Bonchev–Trinajstić information content (AvgIpc) is 2.38. The first kappa shape index (κ1) is 13.9. The van der Waals surface area contributed by atoms with Gasteiger partial charge in [0.2, 0.25) is 11.6 Å². The van der Waals surface area contributed by atoms with E-state index in [1.165, 1.54) is 6.21 Å². The number of aromatic nitrogens is 2. The van der Waals surface area contributed by atoms with Gasteiger partial charge in [0.25, 0.3) is 0 Å². The monoisotopic (exact) mass is 336 g/mol. The zero-order valence-corrected chi connectivity index (χ0v) is 11.6. The van der Waals surface area contributed by atoms with Crippen molar-refractivity contribution in [2.24, 2.45) is 5.10 Å². The van der Waals surface area contributed by atoms with Crippen LogP contribution >= 0.6 is 15.9 Å². The Hall–Kier alpha value is -2.55. The number of benzene rings is 1. The van der Waals surface area contributed by atoms with Crippen molar-refractivity contribution in [3.63, 3.8) is 0 Å². The van der Waals surface area contributed by atoms with E-state index in [4.69, 9.17) is 5.73 Å². The number of nitro groups is 1. The lowest BCUT2D eigenvalue weighted by molar-refractivity contribution is -0.383. The normalized spacial score (nSPS) is 10.7. The molecule has 1 heterocycles. The van der Waals surface area contributed by atoms with Crippen LogP contribution in [0, 0.1) is 10.1 Å². The third-order valence-corrected chi connectivity index (χ3v) is 2.76. The van der Waals surface area contributed by atoms with Crippen molar-refractivity contribution in [2.45, 2.75) is 0 Å². The number of anilines is 2. The maximum absolute atomic E-state index is 10.9. The largest absolute Gasteiger partial charge is 0.378 e. The molecule has 0 atom stereocenters. The molecule has 20 heavy (non-hydrogen) atoms. The molecule has 0 unspecified atom stereocenters. The van der Waals surface area contributed by atoms with Gasteiger partial charge in [-0.3, -0.25) is 15.5 Å². The van der Waals surface area contributed by atoms with E-state index in [0.29, 0.717) is 0 Å². The van der Waals surface area contributed by atoms with Crippen LogP contribution in [-0.2, 0) is 0 Å². The summed E-state index contributed by atoms with van der Waals surface area (Å²) in [5.41, 5.74) is 8.33. The lowest BCUT2D eigenvalue weighted by Gasteiger charge is -2.01. The van der Waals surface area contributed by atoms with Gasteiger partial charge in [0.1, 0.15) is 6.33 Å². The summed E-state index contributed by atoms with van der Waals surface area (Å²) in [6.45, 7) is 0. The molecule has 1 aromatic carbocycles. The van der Waals surface area contributed by atoms with Gasteiger partial charge in [-0.2, -0.15) is 5.10 Å². The third-order valence-electron chi connectivity index (χ3n) is 2.27. The van der Waals surface area contributed by atoms with E-state index in [-0.39, 0.29) is 11.6 Å². The third kappa shape index (κ3) is 3.26. The Bertz CT molecular complexity index is 676. The molecule has 102 valence electrons. The minimum Gasteiger partial charge on any atom is -0.378 e. The number of hydrogen-bond donors (Lipinski definition) is 2. The van der Waals surface area contributed by atoms with Crippen LogP contribution in [0.1, 0.15) is 5.56 Å². The van der Waals surface area contributed by atoms with Crippen molar-refractivity contribution in [3.8, 4) is 0 Å². The van der Waals surface area contributed by atoms with E-state index in [2.05, 4.69) is 36.4 Å². The highest BCUT2D eigenvalue weighted by molar-refractivity contribution is 9.10. The van der Waals surface area contributed by atoms with E-state index >= 15 is 0 Å². The molecule has 0 amide bonds. The number of nitrogen functional groups attached to an aromatic ring is 1. The maximum atomic E-state index is 10.9. The lowest BCUT2D eigenvalue weighted by atomic mass is 10.2. The first-order valence-electron chi connectivity index (χ1n) is 5.37. The molecule has 0 radical (unpaired) electrons. The fraction of sp³-hybridized carbons (Fsp3) is 0. The van der Waals surface area contributed by atoms with E-state index in [9.17, 15) is 10.1 Å². The summed E-state index contributed by atoms with van der Waals surface area (Å²) in [5, 5.41) is 14.8. The summed E-state index contributed by atoms with van der Waals surface area (Å²) in [4.78, 5) is 17.5. The molecule has 8 nitrogen and oxygen atoms in total. The van der Waals surface area contributed by atoms with Crippen LogP contribution in [0.5, 0.6) is 0 Å². The molecule has 1 aromatic heterocycles. The predicted octanol–water partition coefficient (Wildman–Crippen LogP) is 2.18. The summed E-state index contributed by atoms with van der Waals surface area (Å²) in [5.74, 6) is -0.279. The second kappa shape index (κ2) is 6.06. The highest BCUT2D eigenvalue weighted by atomic mass is 79.9. The zero-order chi connectivity index (χ0) is 14.5. The van der Waals surface area contributed by atoms with Crippen molar-refractivity contribution in [1.82, 2.24) is 9.97 Å². The van der Waals surface area contributed by atoms with Gasteiger partial charge in [0.05, 0.1) is 11.1 Å². The van der Waals surface area contributed by atoms with Crippen LogP contribution in [0.3, 0.4) is 0 Å². The predicted molar refractivity (Wildman–Crippen MR) is 78.5 cm³/mol. The number of halogens is 1. The van der Waals surface area contributed by atoms with Gasteiger partial charge in [-0.05, 0) is 17.7 Å². The molecule has 0 saturated carbocycles. The number of nitrogens with two attached hydrogens (primary N) is 1. The number of rotatable bonds is 4. The van der Waals surface area contributed by atoms with Gasteiger partial charge >= 0.3 is 5.69 Å². The van der Waals surface area contributed by atoms with Crippen molar-refractivity contribution in [3.05, 3.63) is 50.7 Å². The summed E-state index contributed by atoms with van der Waals surface area (Å²) in [6, 6.07) is 7.39. The SMILES string of the molecule is Nc1ncnc(N/N=C/c2cccc(Br)c2)c1[N+](=O)[O-]. The van der Waals surface area contributed by atoms with Gasteiger partial charge in [-0.15, -0.1) is 0 Å². The quantitative estimate of drug-likeness (QED) is 0.501. The second-order valence-corrected chi connectivity index (χ2v) is 4.55. The van der Waals surface area contributed by atoms with Crippen molar-refractivity contribution >= 4 is 39.5 Å². The Kier molecular flexibility index (Phi) is 4.20. The van der Waals surface area contributed by atoms with E-state index in [1.54, 1.807) is 0 Å². The molecular weight excluding hydrogens is 328 g/mol. The number of hydrazone groups is 1. The highest BCUT2D eigenvalue weighted by Crippen LogP contribution is 2.25. The van der Waals surface area contributed by atoms with E-state index < -0.39 is 10.6 Å². The van der Waals surface area contributed by atoms with Crippen molar-refractivity contribution in [2.75, 3.05) is 11.2 Å². The molecule has 0 spiro atoms. The van der Waals surface area contributed by atoms with Crippen LogP contribution < -0.4 is 11.2 Å². The van der Waals surface area contributed by atoms with Gasteiger partial charge in [-0.1, -0.05) is 28.1 Å². The Balaban J connectivity index is 2.19. The minimum absolute atomic E-state index is 0.0613. The van der Waals surface area contributed by atoms with Crippen LogP contribution in [0.25, 0.3) is 0 Å². The van der Waals surface area contributed by atoms with Crippen molar-refractivity contribution < 1.29 is 4.92 Å². The first-order chi connectivity index (χ1) is 9.58. The molecular formula is C11H9BrN6O2. The maximum Gasteiger partial charge on any atom is 0.354 e. The Morgan fingerprint density at radius 1 is 1.45 bits per heavy atom. The van der Waals surface area contributed by atoms with Crippen LogP contribution in [0.2, 0.25) is 0 Å². The fourth-order valence-electron chi connectivity index (χ4n) is 1.41. The molecule has 2 rings (SSSR count).